The summed E-state index contributed by atoms with van der Waals surface area (Å²) >= 11 is 0. The fourth-order valence-electron chi connectivity index (χ4n) is 5.31. The molecule has 0 radical (unpaired) electrons. The van der Waals surface area contributed by atoms with Crippen molar-refractivity contribution in [3.8, 4) is 0 Å². The topological polar surface area (TPSA) is 135 Å². The molecule has 1 aliphatic heterocycles. The van der Waals surface area contributed by atoms with Crippen LogP contribution in [-0.4, -0.2) is 139 Å². The highest BCUT2D eigenvalue weighted by Gasteiger charge is 2.29. The van der Waals surface area contributed by atoms with Gasteiger partial charge in [-0.15, -0.1) is 0 Å². The molecule has 0 bridgehead atoms. The molecular weight excluding hydrogens is 602 g/mol. The zero-order valence-electron chi connectivity index (χ0n) is 30.2. The molecule has 1 aliphatic rings. The van der Waals surface area contributed by atoms with Gasteiger partial charge < -0.3 is 24.7 Å². The Hall–Kier alpha value is -3.06. The van der Waals surface area contributed by atoms with E-state index in [4.69, 9.17) is 19.9 Å². The molecule has 0 amide bonds. The molecule has 1 fully saturated rings. The molecule has 12 heteroatoms. The molecule has 12 nitrogen and oxygen atoms in total. The fraction of sp³-hybridized carbons (Fsp3) is 0.714. The van der Waals surface area contributed by atoms with Gasteiger partial charge in [0.2, 0.25) is 0 Å². The number of hydrogen-bond acceptors (Lipinski definition) is 12. The number of esters is 3. The number of carbonyl (C=O) groups excluding carboxylic acids is 4. The van der Waals surface area contributed by atoms with Crippen molar-refractivity contribution < 1.29 is 33.4 Å². The molecule has 1 atom stereocenters. The molecule has 0 aliphatic carbocycles. The van der Waals surface area contributed by atoms with Gasteiger partial charge in [0.25, 0.3) is 0 Å². The minimum atomic E-state index is -0.653. The van der Waals surface area contributed by atoms with E-state index in [1.54, 1.807) is 0 Å². The quantitative estimate of drug-likeness (QED) is 0.171. The highest BCUT2D eigenvalue weighted by Crippen LogP contribution is 2.17. The molecule has 1 unspecified atom stereocenters. The number of nitrogens with two attached hydrogens (primary N) is 1. The Labute approximate surface area is 281 Å². The third-order valence-corrected chi connectivity index (χ3v) is 7.24. The van der Waals surface area contributed by atoms with Crippen molar-refractivity contribution in [2.75, 3.05) is 77.7 Å². The first kappa shape index (κ1) is 40.1. The average Bonchev–Trinajstić information content (AvgIpc) is 2.89. The molecular formula is C35H59N5O7. The number of ether oxygens (including phenoxy) is 3. The molecule has 0 saturated carbocycles. The van der Waals surface area contributed by atoms with Crippen LogP contribution in [0.4, 0.5) is 5.69 Å². The van der Waals surface area contributed by atoms with E-state index in [1.807, 2.05) is 96.4 Å². The SMILES string of the molecule is CC(C)(C)OC(=O)CN1CCN(CC(=O)OC(C)(C)C)CCN(CC(=O)OC(C)(C)C)C(Cc2ccc(N)cc2)CN(CC=O)CC1. The largest absolute Gasteiger partial charge is 0.459 e. The Morgan fingerprint density at radius 1 is 0.681 bits per heavy atom. The molecule has 266 valence electrons. The van der Waals surface area contributed by atoms with E-state index in [9.17, 15) is 19.2 Å². The summed E-state index contributed by atoms with van der Waals surface area (Å²) in [5, 5.41) is 0. The van der Waals surface area contributed by atoms with E-state index in [2.05, 4.69) is 9.80 Å². The summed E-state index contributed by atoms with van der Waals surface area (Å²) in [6.45, 7) is 20.2. The lowest BCUT2D eigenvalue weighted by molar-refractivity contribution is -0.159. The van der Waals surface area contributed by atoms with E-state index < -0.39 is 16.8 Å². The lowest BCUT2D eigenvalue weighted by Crippen LogP contribution is -2.53. The molecule has 2 N–H and O–H groups in total. The summed E-state index contributed by atoms with van der Waals surface area (Å²) in [6, 6.07) is 7.46. The normalized spacial score (nSPS) is 18.9. The predicted molar refractivity (Wildman–Crippen MR) is 183 cm³/mol. The summed E-state index contributed by atoms with van der Waals surface area (Å²) in [5.41, 5.74) is 5.74. The Morgan fingerprint density at radius 2 is 1.09 bits per heavy atom. The molecule has 1 aromatic carbocycles. The van der Waals surface area contributed by atoms with Crippen molar-refractivity contribution in [2.24, 2.45) is 0 Å². The van der Waals surface area contributed by atoms with Gasteiger partial charge in [0.1, 0.15) is 23.1 Å². The van der Waals surface area contributed by atoms with Crippen molar-refractivity contribution in [1.82, 2.24) is 19.6 Å². The number of rotatable bonds is 10. The molecule has 1 saturated heterocycles. The van der Waals surface area contributed by atoms with Crippen molar-refractivity contribution in [3.63, 3.8) is 0 Å². The van der Waals surface area contributed by atoms with E-state index in [0.29, 0.717) is 57.9 Å². The Balaban J connectivity index is 2.47. The smallest absolute Gasteiger partial charge is 0.320 e. The first-order chi connectivity index (χ1) is 21.7. The molecule has 0 aromatic heterocycles. The van der Waals surface area contributed by atoms with Crippen LogP contribution < -0.4 is 5.73 Å². The van der Waals surface area contributed by atoms with Crippen LogP contribution in [0.3, 0.4) is 0 Å². The van der Waals surface area contributed by atoms with Crippen LogP contribution in [0, 0.1) is 0 Å². The highest BCUT2D eigenvalue weighted by molar-refractivity contribution is 5.73. The van der Waals surface area contributed by atoms with E-state index in [-0.39, 0.29) is 50.1 Å². The predicted octanol–water partition coefficient (Wildman–Crippen LogP) is 2.63. The van der Waals surface area contributed by atoms with Gasteiger partial charge in [-0.05, 0) is 86.4 Å². The second-order valence-electron chi connectivity index (χ2n) is 15.3. The van der Waals surface area contributed by atoms with E-state index in [1.165, 1.54) is 0 Å². The Morgan fingerprint density at radius 3 is 1.51 bits per heavy atom. The number of aldehydes is 1. The zero-order chi connectivity index (χ0) is 35.4. The molecule has 1 heterocycles. The second-order valence-corrected chi connectivity index (χ2v) is 15.3. The van der Waals surface area contributed by atoms with Gasteiger partial charge in [-0.3, -0.25) is 34.0 Å². The Bertz CT molecular complexity index is 1150. The minimum absolute atomic E-state index is 0.0386. The van der Waals surface area contributed by atoms with Gasteiger partial charge >= 0.3 is 17.9 Å². The van der Waals surface area contributed by atoms with Crippen LogP contribution in [0.2, 0.25) is 0 Å². The van der Waals surface area contributed by atoms with Gasteiger partial charge in [-0.2, -0.15) is 0 Å². The summed E-state index contributed by atoms with van der Waals surface area (Å²) in [6.07, 6.45) is 1.47. The maximum absolute atomic E-state index is 13.2. The Kier molecular flexibility index (Phi) is 15.3. The summed E-state index contributed by atoms with van der Waals surface area (Å²) in [5.74, 6) is -1.04. The lowest BCUT2D eigenvalue weighted by Gasteiger charge is -2.38. The summed E-state index contributed by atoms with van der Waals surface area (Å²) < 4.78 is 17.0. The second kappa shape index (κ2) is 17.9. The lowest BCUT2D eigenvalue weighted by atomic mass is 10.0. The number of benzene rings is 1. The molecule has 0 spiro atoms. The number of nitrogens with zero attached hydrogens (tertiary/aromatic N) is 4. The van der Waals surface area contributed by atoms with E-state index in [0.717, 1.165) is 11.8 Å². The molecule has 47 heavy (non-hydrogen) atoms. The van der Waals surface area contributed by atoms with Gasteiger partial charge in [-0.1, -0.05) is 12.1 Å². The zero-order valence-corrected chi connectivity index (χ0v) is 30.2. The minimum Gasteiger partial charge on any atom is -0.459 e. The maximum atomic E-state index is 13.2. The van der Waals surface area contributed by atoms with Crippen LogP contribution in [-0.2, 0) is 39.8 Å². The van der Waals surface area contributed by atoms with Crippen molar-refractivity contribution >= 4 is 29.9 Å². The van der Waals surface area contributed by atoms with Crippen molar-refractivity contribution in [1.29, 1.82) is 0 Å². The van der Waals surface area contributed by atoms with Crippen LogP contribution in [0.1, 0.15) is 67.9 Å². The number of carbonyl (C=O) groups is 4. The molecule has 2 rings (SSSR count). The van der Waals surface area contributed by atoms with Crippen molar-refractivity contribution in [2.45, 2.75) is 91.6 Å². The van der Waals surface area contributed by atoms with Gasteiger partial charge in [0.05, 0.1) is 26.2 Å². The average molecular weight is 662 g/mol. The van der Waals surface area contributed by atoms with Crippen molar-refractivity contribution in [3.05, 3.63) is 29.8 Å². The van der Waals surface area contributed by atoms with Gasteiger partial charge in [-0.25, -0.2) is 0 Å². The fourth-order valence-corrected chi connectivity index (χ4v) is 5.31. The first-order valence-electron chi connectivity index (χ1n) is 16.6. The van der Waals surface area contributed by atoms with Crippen LogP contribution in [0.15, 0.2) is 24.3 Å². The van der Waals surface area contributed by atoms with Gasteiger partial charge in [0.15, 0.2) is 0 Å². The monoisotopic (exact) mass is 661 g/mol. The number of anilines is 1. The van der Waals surface area contributed by atoms with Crippen LogP contribution in [0.5, 0.6) is 0 Å². The van der Waals surface area contributed by atoms with Gasteiger partial charge in [0, 0.05) is 57.5 Å². The molecule has 1 aromatic rings. The third-order valence-electron chi connectivity index (χ3n) is 7.24. The number of hydrogen-bond donors (Lipinski definition) is 1. The third kappa shape index (κ3) is 17.6. The van der Waals surface area contributed by atoms with Crippen LogP contribution >= 0.6 is 0 Å². The summed E-state index contributed by atoms with van der Waals surface area (Å²) in [4.78, 5) is 59.1. The summed E-state index contributed by atoms with van der Waals surface area (Å²) in [7, 11) is 0. The standard InChI is InChI=1S/C35H59N5O7/c1-33(2,3)45-30(42)24-37-14-15-38(25-31(43)46-34(4,5)6)18-19-40(26-32(44)47-35(7,8)9)29(23-39(17-16-37)20-21-41)22-27-10-12-28(36)13-11-27/h10-13,21,29H,14-20,22-26,36H2,1-9H3. The highest BCUT2D eigenvalue weighted by atomic mass is 16.6. The number of nitrogen functional groups attached to an aromatic ring is 1. The first-order valence-corrected chi connectivity index (χ1v) is 16.6. The maximum Gasteiger partial charge on any atom is 0.320 e. The van der Waals surface area contributed by atoms with E-state index >= 15 is 0 Å². The van der Waals surface area contributed by atoms with Crippen LogP contribution in [0.25, 0.3) is 0 Å².